The first-order valence-electron chi connectivity index (χ1n) is 13.2. The third-order valence-corrected chi connectivity index (χ3v) is 6.29. The summed E-state index contributed by atoms with van der Waals surface area (Å²) < 4.78 is 12.6. The fraction of sp³-hybridized carbons (Fsp3) is 0.400. The standard InChI is InChI=1S/C30H39BO5/c1-3-5-7-9-19-35-29-22-28(24-13-17-26(32)18-14-24)30(36-20-10-8-6-4-2)21-27(29)23-11-15-25(16-12-23)31(33)34/h11-18,21-22,32-34H,3-10,19-20H2,1-2H3. The van der Waals surface area contributed by atoms with E-state index in [-0.39, 0.29) is 5.75 Å². The Bertz CT molecular complexity index is 1050. The average Bonchev–Trinajstić information content (AvgIpc) is 2.89. The van der Waals surface area contributed by atoms with Gasteiger partial charge in [-0.1, -0.05) is 88.8 Å². The Morgan fingerprint density at radius 3 is 1.47 bits per heavy atom. The van der Waals surface area contributed by atoms with Gasteiger partial charge in [0.25, 0.3) is 0 Å². The summed E-state index contributed by atoms with van der Waals surface area (Å²) in [5.41, 5.74) is 4.11. The molecule has 0 unspecified atom stereocenters. The molecule has 0 saturated carbocycles. The number of phenols is 1. The van der Waals surface area contributed by atoms with Crippen molar-refractivity contribution in [2.24, 2.45) is 0 Å². The van der Waals surface area contributed by atoms with Gasteiger partial charge in [-0.25, -0.2) is 0 Å². The van der Waals surface area contributed by atoms with Crippen LogP contribution in [0.4, 0.5) is 0 Å². The number of benzene rings is 3. The molecule has 0 radical (unpaired) electrons. The summed E-state index contributed by atoms with van der Waals surface area (Å²) in [6.45, 7) is 5.62. The van der Waals surface area contributed by atoms with Crippen LogP contribution in [0.1, 0.15) is 65.2 Å². The molecule has 0 bridgehead atoms. The predicted octanol–water partition coefficient (Wildman–Crippen LogP) is 6.32. The predicted molar refractivity (Wildman–Crippen MR) is 148 cm³/mol. The highest BCUT2D eigenvalue weighted by molar-refractivity contribution is 6.58. The summed E-state index contributed by atoms with van der Waals surface area (Å²) >= 11 is 0. The van der Waals surface area contributed by atoms with Gasteiger partial charge < -0.3 is 24.6 Å². The summed E-state index contributed by atoms with van der Waals surface area (Å²) in [6, 6.07) is 18.4. The van der Waals surface area contributed by atoms with Crippen molar-refractivity contribution in [2.75, 3.05) is 13.2 Å². The zero-order chi connectivity index (χ0) is 25.8. The minimum absolute atomic E-state index is 0.218. The number of phenolic OH excluding ortho intramolecular Hbond substituents is 1. The van der Waals surface area contributed by atoms with Crippen molar-refractivity contribution >= 4 is 12.6 Å². The molecule has 0 saturated heterocycles. The molecule has 0 fully saturated rings. The summed E-state index contributed by atoms with van der Waals surface area (Å²) in [6.07, 6.45) is 8.93. The van der Waals surface area contributed by atoms with Crippen molar-refractivity contribution in [1.29, 1.82) is 0 Å². The van der Waals surface area contributed by atoms with E-state index in [4.69, 9.17) is 9.47 Å². The fourth-order valence-corrected chi connectivity index (χ4v) is 4.15. The Kier molecular flexibility index (Phi) is 11.2. The van der Waals surface area contributed by atoms with E-state index in [9.17, 15) is 15.2 Å². The largest absolute Gasteiger partial charge is 0.508 e. The van der Waals surface area contributed by atoms with Crippen molar-refractivity contribution in [1.82, 2.24) is 0 Å². The first-order valence-corrected chi connectivity index (χ1v) is 13.2. The first-order chi connectivity index (χ1) is 17.5. The van der Waals surface area contributed by atoms with Crippen LogP contribution in [-0.2, 0) is 0 Å². The van der Waals surface area contributed by atoms with Crippen molar-refractivity contribution < 1.29 is 24.6 Å². The lowest BCUT2D eigenvalue weighted by Gasteiger charge is -2.19. The summed E-state index contributed by atoms with van der Waals surface area (Å²) in [5, 5.41) is 28.8. The van der Waals surface area contributed by atoms with Crippen LogP contribution in [0.25, 0.3) is 22.3 Å². The van der Waals surface area contributed by atoms with E-state index in [1.54, 1.807) is 24.3 Å². The van der Waals surface area contributed by atoms with E-state index in [1.807, 2.05) is 36.4 Å². The molecule has 0 atom stereocenters. The van der Waals surface area contributed by atoms with Gasteiger partial charge in [0.15, 0.2) is 0 Å². The zero-order valence-electron chi connectivity index (χ0n) is 21.6. The molecular formula is C30H39BO5. The van der Waals surface area contributed by atoms with Gasteiger partial charge in [-0.3, -0.25) is 0 Å². The summed E-state index contributed by atoms with van der Waals surface area (Å²) in [7, 11) is -1.51. The van der Waals surface area contributed by atoms with E-state index in [1.165, 1.54) is 25.7 Å². The second-order valence-electron chi connectivity index (χ2n) is 9.21. The number of aromatic hydroxyl groups is 1. The Hall–Kier alpha value is -2.96. The molecule has 3 aromatic carbocycles. The maximum absolute atomic E-state index is 9.80. The maximum atomic E-state index is 9.80. The van der Waals surface area contributed by atoms with Gasteiger partial charge >= 0.3 is 7.12 Å². The lowest BCUT2D eigenvalue weighted by atomic mass is 9.80. The minimum Gasteiger partial charge on any atom is -0.508 e. The molecule has 3 rings (SSSR count). The molecule has 36 heavy (non-hydrogen) atoms. The van der Waals surface area contributed by atoms with Crippen LogP contribution in [0, 0.1) is 0 Å². The first kappa shape index (κ1) is 27.6. The smallest absolute Gasteiger partial charge is 0.488 e. The molecule has 5 nitrogen and oxygen atoms in total. The lowest BCUT2D eigenvalue weighted by Crippen LogP contribution is -2.29. The molecule has 0 spiro atoms. The van der Waals surface area contributed by atoms with Crippen LogP contribution in [0.15, 0.2) is 60.7 Å². The molecule has 0 amide bonds. The van der Waals surface area contributed by atoms with E-state index in [0.29, 0.717) is 18.7 Å². The number of ether oxygens (including phenoxy) is 2. The Morgan fingerprint density at radius 2 is 1.06 bits per heavy atom. The fourth-order valence-electron chi connectivity index (χ4n) is 4.15. The minimum atomic E-state index is -1.51. The second-order valence-corrected chi connectivity index (χ2v) is 9.21. The van der Waals surface area contributed by atoms with Gasteiger partial charge in [-0.2, -0.15) is 0 Å². The Morgan fingerprint density at radius 1 is 0.611 bits per heavy atom. The molecule has 0 aromatic heterocycles. The zero-order valence-corrected chi connectivity index (χ0v) is 21.6. The second kappa shape index (κ2) is 14.6. The highest BCUT2D eigenvalue weighted by Crippen LogP contribution is 2.41. The van der Waals surface area contributed by atoms with Crippen LogP contribution < -0.4 is 14.9 Å². The van der Waals surface area contributed by atoms with E-state index < -0.39 is 7.12 Å². The normalized spacial score (nSPS) is 10.9. The van der Waals surface area contributed by atoms with Crippen molar-refractivity contribution in [3.63, 3.8) is 0 Å². The maximum Gasteiger partial charge on any atom is 0.488 e. The highest BCUT2D eigenvalue weighted by atomic mass is 16.5. The van der Waals surface area contributed by atoms with E-state index in [2.05, 4.69) is 13.8 Å². The molecular weight excluding hydrogens is 451 g/mol. The molecule has 3 N–H and O–H groups in total. The molecule has 0 aliphatic carbocycles. The average molecular weight is 490 g/mol. The van der Waals surface area contributed by atoms with Crippen LogP contribution in [-0.4, -0.2) is 35.5 Å². The Labute approximate surface area is 215 Å². The summed E-state index contributed by atoms with van der Waals surface area (Å²) in [4.78, 5) is 0. The van der Waals surface area contributed by atoms with Gasteiger partial charge in [-0.05, 0) is 53.7 Å². The molecule has 0 aliphatic heterocycles. The van der Waals surface area contributed by atoms with Gasteiger partial charge in [0.1, 0.15) is 17.2 Å². The molecule has 0 heterocycles. The molecule has 192 valence electrons. The van der Waals surface area contributed by atoms with Crippen LogP contribution in [0.2, 0.25) is 0 Å². The van der Waals surface area contributed by atoms with Crippen molar-refractivity contribution in [3.8, 4) is 39.5 Å². The van der Waals surface area contributed by atoms with Gasteiger partial charge in [0.2, 0.25) is 0 Å². The number of hydrogen-bond acceptors (Lipinski definition) is 5. The third-order valence-electron chi connectivity index (χ3n) is 6.29. The molecule has 3 aromatic rings. The van der Waals surface area contributed by atoms with Crippen LogP contribution >= 0.6 is 0 Å². The van der Waals surface area contributed by atoms with Gasteiger partial charge in [-0.15, -0.1) is 0 Å². The SMILES string of the molecule is CCCCCCOc1cc(-c2ccc(B(O)O)cc2)c(OCCCCCC)cc1-c1ccc(O)cc1. The third kappa shape index (κ3) is 8.04. The monoisotopic (exact) mass is 490 g/mol. The lowest BCUT2D eigenvalue weighted by molar-refractivity contribution is 0.299. The van der Waals surface area contributed by atoms with Crippen molar-refractivity contribution in [3.05, 3.63) is 60.7 Å². The number of hydrogen-bond donors (Lipinski definition) is 3. The summed E-state index contributed by atoms with van der Waals surface area (Å²) in [5.74, 6) is 1.73. The van der Waals surface area contributed by atoms with Crippen molar-refractivity contribution in [2.45, 2.75) is 65.2 Å². The Balaban J connectivity index is 2.00. The molecule has 0 aliphatic rings. The van der Waals surface area contributed by atoms with Gasteiger partial charge in [0.05, 0.1) is 13.2 Å². The van der Waals surface area contributed by atoms with E-state index >= 15 is 0 Å². The number of unbranched alkanes of at least 4 members (excludes halogenated alkanes) is 6. The highest BCUT2D eigenvalue weighted by Gasteiger charge is 2.17. The van der Waals surface area contributed by atoms with E-state index in [0.717, 1.165) is 59.4 Å². The van der Waals surface area contributed by atoms with Crippen LogP contribution in [0.3, 0.4) is 0 Å². The number of rotatable bonds is 15. The topological polar surface area (TPSA) is 79.2 Å². The molecule has 6 heteroatoms. The van der Waals surface area contributed by atoms with Gasteiger partial charge in [0, 0.05) is 11.1 Å². The van der Waals surface area contributed by atoms with Crippen LogP contribution in [0.5, 0.6) is 17.2 Å². The quantitative estimate of drug-likeness (QED) is 0.172.